The van der Waals surface area contributed by atoms with E-state index in [1.807, 2.05) is 6.07 Å². The topological polar surface area (TPSA) is 127 Å². The van der Waals surface area contributed by atoms with Gasteiger partial charge < -0.3 is 24.5 Å². The van der Waals surface area contributed by atoms with E-state index in [0.717, 1.165) is 4.90 Å². The molecule has 1 saturated heterocycles. The number of para-hydroxylation sites is 1. The van der Waals surface area contributed by atoms with Gasteiger partial charge in [0.05, 0.1) is 23.1 Å². The molecule has 10 nitrogen and oxygen atoms in total. The number of benzene rings is 2. The zero-order valence-electron chi connectivity index (χ0n) is 19.2. The lowest BCUT2D eigenvalue weighted by Gasteiger charge is -2.11. The van der Waals surface area contributed by atoms with Gasteiger partial charge >= 0.3 is 12.0 Å². The van der Waals surface area contributed by atoms with Crippen LogP contribution in [0.1, 0.15) is 21.9 Å². The van der Waals surface area contributed by atoms with Crippen molar-refractivity contribution in [1.82, 2.24) is 10.2 Å². The molecule has 2 N–H and O–H groups in total. The first-order valence-corrected chi connectivity index (χ1v) is 11.9. The van der Waals surface area contributed by atoms with E-state index in [1.54, 1.807) is 30.3 Å². The van der Waals surface area contributed by atoms with Crippen LogP contribution in [-0.4, -0.2) is 42.4 Å². The number of halogens is 2. The average molecular weight is 589 g/mol. The Morgan fingerprint density at radius 1 is 1.16 bits per heavy atom. The van der Waals surface area contributed by atoms with Gasteiger partial charge in [0.15, 0.2) is 12.4 Å². The molecule has 0 radical (unpaired) electrons. The maximum atomic E-state index is 12.8. The maximum absolute atomic E-state index is 12.8. The number of carbonyl (C=O) groups excluding carboxylic acids is 4. The molecule has 2 aromatic carbocycles. The van der Waals surface area contributed by atoms with Gasteiger partial charge in [0, 0.05) is 5.69 Å². The number of nitrogens with one attached hydrogen (secondary N) is 2. The summed E-state index contributed by atoms with van der Waals surface area (Å²) in [5.74, 6) is -1.19. The average Bonchev–Trinajstić information content (AvgIpc) is 3.44. The highest BCUT2D eigenvalue weighted by Crippen LogP contribution is 2.35. The third kappa shape index (κ3) is 6.19. The highest BCUT2D eigenvalue weighted by Gasteiger charge is 2.34. The molecule has 0 saturated carbocycles. The van der Waals surface area contributed by atoms with Crippen molar-refractivity contribution in [2.75, 3.05) is 19.0 Å². The van der Waals surface area contributed by atoms with Crippen molar-refractivity contribution in [3.63, 3.8) is 0 Å². The van der Waals surface area contributed by atoms with Crippen LogP contribution >= 0.6 is 27.5 Å². The van der Waals surface area contributed by atoms with Crippen molar-refractivity contribution in [3.05, 3.63) is 86.9 Å². The van der Waals surface area contributed by atoms with Gasteiger partial charge in [0.1, 0.15) is 11.5 Å². The number of hydrogen-bond acceptors (Lipinski definition) is 7. The molecule has 37 heavy (non-hydrogen) atoms. The molecule has 1 fully saturated rings. The van der Waals surface area contributed by atoms with E-state index in [9.17, 15) is 19.2 Å². The van der Waals surface area contributed by atoms with E-state index in [0.29, 0.717) is 15.7 Å². The van der Waals surface area contributed by atoms with Gasteiger partial charge in [-0.15, -0.1) is 0 Å². The lowest BCUT2D eigenvalue weighted by molar-refractivity contribution is -0.123. The molecule has 1 aromatic heterocycles. The molecule has 12 heteroatoms. The summed E-state index contributed by atoms with van der Waals surface area (Å²) < 4.78 is 15.9. The molecule has 1 aliphatic rings. The number of methoxy groups -OCH3 is 1. The van der Waals surface area contributed by atoms with E-state index in [4.69, 9.17) is 20.8 Å². The second-order valence-corrected chi connectivity index (χ2v) is 8.92. The van der Waals surface area contributed by atoms with Crippen LogP contribution in [-0.2, 0) is 20.9 Å². The van der Waals surface area contributed by atoms with Crippen molar-refractivity contribution in [2.45, 2.75) is 6.54 Å². The quantitative estimate of drug-likeness (QED) is 0.224. The number of imide groups is 1. The maximum Gasteiger partial charge on any atom is 0.373 e. The van der Waals surface area contributed by atoms with Crippen LogP contribution in [0, 0.1) is 0 Å². The number of urea groups is 1. The van der Waals surface area contributed by atoms with Crippen LogP contribution in [0.4, 0.5) is 10.5 Å². The van der Waals surface area contributed by atoms with Crippen molar-refractivity contribution in [1.29, 1.82) is 0 Å². The van der Waals surface area contributed by atoms with E-state index in [-0.39, 0.29) is 47.0 Å². The summed E-state index contributed by atoms with van der Waals surface area (Å²) in [5.41, 5.74) is 1.15. The van der Waals surface area contributed by atoms with Crippen LogP contribution in [0.5, 0.6) is 5.75 Å². The second-order valence-electron chi connectivity index (χ2n) is 7.65. The smallest absolute Gasteiger partial charge is 0.373 e. The largest absolute Gasteiger partial charge is 0.481 e. The molecular formula is C25H19BrClN3O7. The second kappa shape index (κ2) is 11.3. The summed E-state index contributed by atoms with van der Waals surface area (Å²) in [5, 5.41) is 5.40. The molecule has 190 valence electrons. The summed E-state index contributed by atoms with van der Waals surface area (Å²) in [7, 11) is 1.21. The Hall–Kier alpha value is -4.09. The number of furan rings is 1. The SMILES string of the molecule is COC(=O)c1ccc(CN2C(=O)N/C(=C\c3cc(Cl)c(OCC(=O)Nc4ccccc4)c(Br)c3)C2=O)o1. The van der Waals surface area contributed by atoms with Crippen molar-refractivity contribution >= 4 is 63.1 Å². The Labute approximate surface area is 224 Å². The lowest BCUT2D eigenvalue weighted by Crippen LogP contribution is -2.30. The molecule has 0 spiro atoms. The van der Waals surface area contributed by atoms with Crippen LogP contribution < -0.4 is 15.4 Å². The Morgan fingerprint density at radius 3 is 2.62 bits per heavy atom. The minimum atomic E-state index is -0.671. The van der Waals surface area contributed by atoms with Gasteiger partial charge in [0.25, 0.3) is 11.8 Å². The molecule has 4 amide bonds. The van der Waals surface area contributed by atoms with E-state index in [1.165, 1.54) is 31.4 Å². The van der Waals surface area contributed by atoms with Crippen molar-refractivity contribution < 1.29 is 33.1 Å². The highest BCUT2D eigenvalue weighted by molar-refractivity contribution is 9.10. The molecule has 0 aliphatic carbocycles. The number of rotatable bonds is 8. The standard InChI is InChI=1S/C25H19BrClN3O7/c1-35-24(33)20-8-7-16(37-20)12-30-23(32)19(29-25(30)34)11-14-9-17(26)22(18(27)10-14)36-13-21(31)28-15-5-3-2-4-6-15/h2-11H,12-13H2,1H3,(H,28,31)(H,29,34)/b19-11-. The molecule has 0 atom stereocenters. The molecule has 3 aromatic rings. The summed E-state index contributed by atoms with van der Waals surface area (Å²) in [4.78, 5) is 49.8. The van der Waals surface area contributed by atoms with Crippen molar-refractivity contribution in [2.24, 2.45) is 0 Å². The number of amides is 4. The summed E-state index contributed by atoms with van der Waals surface area (Å²) >= 11 is 9.72. The first kappa shape index (κ1) is 26.0. The van der Waals surface area contributed by atoms with Gasteiger partial charge in [-0.1, -0.05) is 29.8 Å². The van der Waals surface area contributed by atoms with E-state index < -0.39 is 17.9 Å². The Bertz CT molecular complexity index is 1380. The summed E-state index contributed by atoms with van der Waals surface area (Å²) in [6.07, 6.45) is 1.45. The van der Waals surface area contributed by atoms with Gasteiger partial charge in [-0.25, -0.2) is 9.59 Å². The van der Waals surface area contributed by atoms with Crippen LogP contribution in [0.2, 0.25) is 5.02 Å². The predicted octanol–water partition coefficient (Wildman–Crippen LogP) is 4.59. The third-order valence-corrected chi connectivity index (χ3v) is 5.93. The van der Waals surface area contributed by atoms with Crippen LogP contribution in [0.25, 0.3) is 6.08 Å². The fraction of sp³-hybridized carbons (Fsp3) is 0.120. The number of hydrogen-bond donors (Lipinski definition) is 2. The normalized spacial score (nSPS) is 14.0. The zero-order chi connectivity index (χ0) is 26.5. The first-order valence-electron chi connectivity index (χ1n) is 10.7. The fourth-order valence-electron chi connectivity index (χ4n) is 3.37. The van der Waals surface area contributed by atoms with Crippen LogP contribution in [0.3, 0.4) is 0 Å². The molecule has 0 bridgehead atoms. The minimum absolute atomic E-state index is 0.0172. The third-order valence-electron chi connectivity index (χ3n) is 5.06. The molecule has 0 unspecified atom stereocenters. The summed E-state index contributed by atoms with van der Waals surface area (Å²) in [6, 6.07) is 14.3. The zero-order valence-corrected chi connectivity index (χ0v) is 21.6. The van der Waals surface area contributed by atoms with E-state index >= 15 is 0 Å². The number of esters is 1. The highest BCUT2D eigenvalue weighted by atomic mass is 79.9. The molecular weight excluding hydrogens is 570 g/mol. The number of carbonyl (C=O) groups is 4. The predicted molar refractivity (Wildman–Crippen MR) is 137 cm³/mol. The molecule has 2 heterocycles. The van der Waals surface area contributed by atoms with Crippen LogP contribution in [0.15, 0.2) is 69.2 Å². The van der Waals surface area contributed by atoms with Crippen molar-refractivity contribution in [3.8, 4) is 5.75 Å². The minimum Gasteiger partial charge on any atom is -0.481 e. The number of anilines is 1. The number of nitrogens with zero attached hydrogens (tertiary/aromatic N) is 1. The van der Waals surface area contributed by atoms with E-state index in [2.05, 4.69) is 31.3 Å². The molecule has 4 rings (SSSR count). The summed E-state index contributed by atoms with van der Waals surface area (Å²) in [6.45, 7) is -0.455. The van der Waals surface area contributed by atoms with Gasteiger partial charge in [0.2, 0.25) is 5.76 Å². The monoisotopic (exact) mass is 587 g/mol. The Kier molecular flexibility index (Phi) is 7.95. The van der Waals surface area contributed by atoms with Gasteiger partial charge in [-0.3, -0.25) is 14.5 Å². The fourth-order valence-corrected chi connectivity index (χ4v) is 4.36. The molecule has 1 aliphatic heterocycles. The van der Waals surface area contributed by atoms with Gasteiger partial charge in [-0.05, 0) is 64.0 Å². The Morgan fingerprint density at radius 2 is 1.92 bits per heavy atom. The first-order chi connectivity index (χ1) is 17.7. The Balaban J connectivity index is 1.42. The van der Waals surface area contributed by atoms with Gasteiger partial charge in [-0.2, -0.15) is 0 Å². The number of ether oxygens (including phenoxy) is 2. The lowest BCUT2D eigenvalue weighted by atomic mass is 10.2.